The van der Waals surface area contributed by atoms with Crippen LogP contribution in [0.15, 0.2) is 4.99 Å². The first-order chi connectivity index (χ1) is 41.6. The second kappa shape index (κ2) is 40.4. The Labute approximate surface area is 524 Å². The molecule has 0 rings (SSSR count). The minimum atomic E-state index is -2.14. The first-order valence-corrected chi connectivity index (χ1v) is 30.0. The second-order valence-corrected chi connectivity index (χ2v) is 24.5. The number of guanidine groups is 1. The summed E-state index contributed by atoms with van der Waals surface area (Å²) >= 11 is 0. The number of nitrogens with one attached hydrogen (secondary N) is 10. The Morgan fingerprint density at radius 1 is 0.367 bits per heavy atom. The predicted octanol–water partition coefficient (Wildman–Crippen LogP) is -3.01. The van der Waals surface area contributed by atoms with Crippen LogP contribution in [0.5, 0.6) is 0 Å². The third-order valence-electron chi connectivity index (χ3n) is 13.7. The van der Waals surface area contributed by atoms with Crippen LogP contribution in [0.2, 0.25) is 0 Å². The van der Waals surface area contributed by atoms with Crippen molar-refractivity contribution in [3.63, 3.8) is 0 Å². The number of carbonyl (C=O) groups is 14. The lowest BCUT2D eigenvalue weighted by Gasteiger charge is -2.30. The molecule has 512 valence electrons. The average Bonchev–Trinajstić information content (AvgIpc) is 2.62. The average molecular weight is 1290 g/mol. The number of carboxylic acid groups (broad SMARTS) is 4. The van der Waals surface area contributed by atoms with Crippen LogP contribution in [0.4, 0.5) is 0 Å². The maximum Gasteiger partial charge on any atom is 0.326 e. The zero-order valence-electron chi connectivity index (χ0n) is 53.8. The van der Waals surface area contributed by atoms with E-state index < -0.39 is 205 Å². The Bertz CT molecular complexity index is 2500. The molecule has 0 aromatic heterocycles. The quantitative estimate of drug-likeness (QED) is 0.0164. The van der Waals surface area contributed by atoms with Crippen molar-refractivity contribution in [3.05, 3.63) is 0 Å². The van der Waals surface area contributed by atoms with Gasteiger partial charge in [0.1, 0.15) is 60.4 Å². The summed E-state index contributed by atoms with van der Waals surface area (Å²) in [7, 11) is 0. The van der Waals surface area contributed by atoms with Crippen molar-refractivity contribution >= 4 is 88.9 Å². The summed E-state index contributed by atoms with van der Waals surface area (Å²) in [5, 5.41) is 73.6. The van der Waals surface area contributed by atoms with Crippen LogP contribution in [0.1, 0.15) is 154 Å². The highest BCUT2D eigenvalue weighted by molar-refractivity contribution is 6.00. The number of nitrogens with zero attached hydrogens (tertiary/aromatic N) is 1. The van der Waals surface area contributed by atoms with Gasteiger partial charge in [0, 0.05) is 19.4 Å². The van der Waals surface area contributed by atoms with Crippen molar-refractivity contribution in [3.8, 4) is 0 Å². The van der Waals surface area contributed by atoms with Gasteiger partial charge in [-0.3, -0.25) is 67.3 Å². The molecule has 0 saturated heterocycles. The Morgan fingerprint density at radius 2 is 0.678 bits per heavy atom. The smallest absolute Gasteiger partial charge is 0.326 e. The maximum absolute atomic E-state index is 14.1. The van der Waals surface area contributed by atoms with Gasteiger partial charge in [-0.15, -0.1) is 0 Å². The summed E-state index contributed by atoms with van der Waals surface area (Å²) in [5.74, 6) is -19.2. The van der Waals surface area contributed by atoms with Gasteiger partial charge in [-0.1, -0.05) is 83.1 Å². The molecule has 33 heteroatoms. The van der Waals surface area contributed by atoms with E-state index in [-0.39, 0.29) is 55.9 Å². The summed E-state index contributed by atoms with van der Waals surface area (Å²) in [6.07, 6.45) is -5.61. The maximum atomic E-state index is 14.1. The van der Waals surface area contributed by atoms with Gasteiger partial charge >= 0.3 is 23.9 Å². The number of aliphatic hydroxyl groups is 1. The Balaban J connectivity index is 6.94. The van der Waals surface area contributed by atoms with Gasteiger partial charge in [0.25, 0.3) is 0 Å². The largest absolute Gasteiger partial charge is 0.481 e. The van der Waals surface area contributed by atoms with Crippen LogP contribution in [-0.2, 0) is 67.1 Å². The highest BCUT2D eigenvalue weighted by Crippen LogP contribution is 2.15. The summed E-state index contributed by atoms with van der Waals surface area (Å²) in [6.45, 7) is 20.9. The molecule has 0 aliphatic rings. The van der Waals surface area contributed by atoms with Crippen LogP contribution in [-0.4, -0.2) is 194 Å². The van der Waals surface area contributed by atoms with Gasteiger partial charge in [0.2, 0.25) is 59.1 Å². The fourth-order valence-corrected chi connectivity index (χ4v) is 8.86. The SMILES string of the molecule is CC(C)C[C@H](NC(=O)[C@H](CCC(=O)O)NC(=O)[C@H](CC(=O)O)NC(=O)[C@H](CCC(=O)O)NC(=O)[C@@H](NC(=O)[C@@H](NC(=O)[C@@H](NC(=O)[C@H](CC(C)C)NC(=O)[C@@H](N)CC(C)C)C(C)C)[C@@H](C)O)C(C)C)C(=O)N[C@@H](CCCN=C(N)N)C(=O)N[C@H](C(=O)O)C(C)C. The van der Waals surface area contributed by atoms with Crippen molar-refractivity contribution in [2.75, 3.05) is 6.54 Å². The minimum absolute atomic E-state index is 0.00673. The fraction of sp³-hybridized carbons (Fsp3) is 0.737. The lowest BCUT2D eigenvalue weighted by molar-refractivity contribution is -0.144. The number of rotatable bonds is 43. The summed E-state index contributed by atoms with van der Waals surface area (Å²) < 4.78 is 0. The number of carbonyl (C=O) groups excluding carboxylic acids is 10. The number of aliphatic imine (C=N–C) groups is 1. The summed E-state index contributed by atoms with van der Waals surface area (Å²) in [4.78, 5) is 190. The first-order valence-electron chi connectivity index (χ1n) is 30.0. The van der Waals surface area contributed by atoms with Crippen LogP contribution >= 0.6 is 0 Å². The molecule has 0 fully saturated rings. The first kappa shape index (κ1) is 81.8. The molecule has 21 N–H and O–H groups in total. The second-order valence-electron chi connectivity index (χ2n) is 24.5. The van der Waals surface area contributed by atoms with Crippen LogP contribution in [0.3, 0.4) is 0 Å². The molecular weight excluding hydrogens is 1180 g/mol. The minimum Gasteiger partial charge on any atom is -0.481 e. The molecule has 0 aliphatic heterocycles. The molecule has 0 aliphatic carbocycles. The lowest BCUT2D eigenvalue weighted by Crippen LogP contribution is -2.63. The fourth-order valence-electron chi connectivity index (χ4n) is 8.86. The molecule has 0 spiro atoms. The number of carboxylic acids is 4. The number of nitrogens with two attached hydrogens (primary N) is 3. The van der Waals surface area contributed by atoms with E-state index in [0.717, 1.165) is 6.92 Å². The van der Waals surface area contributed by atoms with E-state index in [1.165, 1.54) is 27.7 Å². The third-order valence-corrected chi connectivity index (χ3v) is 13.7. The molecule has 0 aromatic carbocycles. The molecule has 10 amide bonds. The van der Waals surface area contributed by atoms with Gasteiger partial charge < -0.3 is 95.9 Å². The summed E-state index contributed by atoms with van der Waals surface area (Å²) in [5.41, 5.74) is 16.9. The van der Waals surface area contributed by atoms with E-state index in [1.54, 1.807) is 27.7 Å². The highest BCUT2D eigenvalue weighted by atomic mass is 16.4. The van der Waals surface area contributed by atoms with E-state index in [4.69, 9.17) is 17.2 Å². The third kappa shape index (κ3) is 31.8. The van der Waals surface area contributed by atoms with E-state index in [0.29, 0.717) is 6.42 Å². The van der Waals surface area contributed by atoms with Crippen LogP contribution in [0, 0.1) is 35.5 Å². The highest BCUT2D eigenvalue weighted by Gasteiger charge is 2.39. The van der Waals surface area contributed by atoms with Crippen LogP contribution < -0.4 is 70.4 Å². The van der Waals surface area contributed by atoms with Gasteiger partial charge in [0.05, 0.1) is 18.6 Å². The standard InChI is InChI=1S/C57H100N14O19/c1-25(2)21-32(58)46(79)65-37(23-27(5)6)52(85)68-43(29(9)10)54(87)71-45(31(13)72)55(88)69-42(28(7)8)53(86)64-35(17-19-40(75)76)48(81)67-38(24-41(77)78)51(84)63-34(16-18-39(73)74)47(80)66-36(22-26(3)4)50(83)62-33(15-14-20-61-57(59)60)49(82)70-44(30(11)12)56(89)90/h25-38,42-45,72H,14-24,58H2,1-13H3,(H,62,83)(H,63,84)(H,64,86)(H,65,79)(H,66,80)(H,67,81)(H,68,85)(H,69,88)(H,70,82)(H,71,87)(H,73,74)(H,75,76)(H,77,78)(H,89,90)(H4,59,60,61)/t31-,32+,33+,34+,35+,36+,37+,38+,42+,43+,44+,45+/m1/s1. The molecule has 0 bridgehead atoms. The monoisotopic (exact) mass is 1280 g/mol. The summed E-state index contributed by atoms with van der Waals surface area (Å²) in [6, 6.07) is -17.1. The van der Waals surface area contributed by atoms with E-state index in [9.17, 15) is 92.7 Å². The molecular formula is C57H100N14O19. The van der Waals surface area contributed by atoms with Crippen LogP contribution in [0.25, 0.3) is 0 Å². The lowest BCUT2D eigenvalue weighted by atomic mass is 9.98. The Kier molecular flexibility index (Phi) is 36.7. The predicted molar refractivity (Wildman–Crippen MR) is 325 cm³/mol. The van der Waals surface area contributed by atoms with E-state index in [2.05, 4.69) is 58.2 Å². The zero-order chi connectivity index (χ0) is 69.6. The van der Waals surface area contributed by atoms with E-state index in [1.807, 2.05) is 27.7 Å². The molecule has 33 nitrogen and oxygen atoms in total. The van der Waals surface area contributed by atoms with Crippen molar-refractivity contribution < 1.29 is 92.7 Å². The van der Waals surface area contributed by atoms with Gasteiger partial charge in [-0.2, -0.15) is 0 Å². The molecule has 12 atom stereocenters. The Morgan fingerprint density at radius 3 is 1.07 bits per heavy atom. The van der Waals surface area contributed by atoms with Crippen molar-refractivity contribution in [2.24, 2.45) is 57.7 Å². The van der Waals surface area contributed by atoms with Gasteiger partial charge in [0.15, 0.2) is 5.96 Å². The normalized spacial score (nSPS) is 15.4. The van der Waals surface area contributed by atoms with Gasteiger partial charge in [-0.25, -0.2) is 4.79 Å². The number of aliphatic carboxylic acids is 4. The van der Waals surface area contributed by atoms with Crippen molar-refractivity contribution in [1.29, 1.82) is 0 Å². The zero-order valence-corrected chi connectivity index (χ0v) is 53.8. The molecule has 0 aromatic rings. The topological polar surface area (TPSA) is 551 Å². The molecule has 90 heavy (non-hydrogen) atoms. The number of hydrogen-bond donors (Lipinski definition) is 18. The molecule has 0 radical (unpaired) electrons. The van der Waals surface area contributed by atoms with E-state index >= 15 is 0 Å². The molecule has 0 saturated carbocycles. The number of hydrogen-bond acceptors (Lipinski definition) is 17. The number of amides is 10. The van der Waals surface area contributed by atoms with Crippen molar-refractivity contribution in [2.45, 2.75) is 227 Å². The number of aliphatic hydroxyl groups excluding tert-OH is 1. The molecule has 0 unspecified atom stereocenters. The molecule has 0 heterocycles. The van der Waals surface area contributed by atoms with Gasteiger partial charge in [-0.05, 0) is 87.4 Å². The Hall–Kier alpha value is -8.23. The van der Waals surface area contributed by atoms with Crippen molar-refractivity contribution in [1.82, 2.24) is 53.2 Å².